The minimum absolute atomic E-state index is 0.116. The predicted molar refractivity (Wildman–Crippen MR) is 110 cm³/mol. The van der Waals surface area contributed by atoms with Crippen LogP contribution in [0.25, 0.3) is 16.7 Å². The van der Waals surface area contributed by atoms with Crippen molar-refractivity contribution in [1.29, 1.82) is 0 Å². The Hall–Kier alpha value is -3.56. The van der Waals surface area contributed by atoms with Crippen LogP contribution in [0.1, 0.15) is 36.7 Å². The van der Waals surface area contributed by atoms with Gasteiger partial charge in [0.05, 0.1) is 21.9 Å². The molecule has 0 atom stereocenters. The van der Waals surface area contributed by atoms with Gasteiger partial charge in [-0.25, -0.2) is 9.97 Å². The van der Waals surface area contributed by atoms with Crippen LogP contribution in [-0.2, 0) is 18.6 Å². The zero-order valence-electron chi connectivity index (χ0n) is 17.3. The summed E-state index contributed by atoms with van der Waals surface area (Å²) < 4.78 is 43.0. The maximum atomic E-state index is 13.3. The molecule has 7 nitrogen and oxygen atoms in total. The number of hydrogen-bond acceptors (Lipinski definition) is 5. The number of halogens is 3. The average Bonchev–Trinajstić information content (AvgIpc) is 3.16. The van der Waals surface area contributed by atoms with E-state index in [0.717, 1.165) is 36.6 Å². The van der Waals surface area contributed by atoms with Crippen molar-refractivity contribution in [3.05, 3.63) is 76.5 Å². The lowest BCUT2D eigenvalue weighted by molar-refractivity contribution is -0.136. The quantitative estimate of drug-likeness (QED) is 0.486. The summed E-state index contributed by atoms with van der Waals surface area (Å²) >= 11 is 0. The number of aryl methyl sites for hydroxylation is 1. The predicted octanol–water partition coefficient (Wildman–Crippen LogP) is 3.64. The molecule has 3 heterocycles. The number of fused-ring (bicyclic) bond motifs is 1. The third-order valence-corrected chi connectivity index (χ3v) is 6.17. The van der Waals surface area contributed by atoms with Gasteiger partial charge in [0.25, 0.3) is 5.56 Å². The van der Waals surface area contributed by atoms with Crippen molar-refractivity contribution in [3.8, 4) is 5.82 Å². The first-order chi connectivity index (χ1) is 15.2. The topological polar surface area (TPSA) is 78.5 Å². The molecule has 3 aromatic heterocycles. The number of pyridine rings is 1. The first kappa shape index (κ1) is 20.3. The highest BCUT2D eigenvalue weighted by Crippen LogP contribution is 2.51. The minimum Gasteiger partial charge on any atom is -0.320 e. The molecule has 1 saturated carbocycles. The molecule has 1 aromatic carbocycles. The van der Waals surface area contributed by atoms with Gasteiger partial charge in [0, 0.05) is 13.2 Å². The van der Waals surface area contributed by atoms with Gasteiger partial charge in [0.15, 0.2) is 0 Å². The Morgan fingerprint density at radius 1 is 1.12 bits per heavy atom. The summed E-state index contributed by atoms with van der Waals surface area (Å²) in [7, 11) is 1.89. The fourth-order valence-corrected chi connectivity index (χ4v) is 4.79. The van der Waals surface area contributed by atoms with E-state index in [2.05, 4.69) is 27.1 Å². The van der Waals surface area contributed by atoms with E-state index >= 15 is 0 Å². The van der Waals surface area contributed by atoms with E-state index in [1.165, 1.54) is 16.7 Å². The van der Waals surface area contributed by atoms with Crippen LogP contribution in [-0.4, -0.2) is 29.3 Å². The molecule has 0 radical (unpaired) electrons. The highest BCUT2D eigenvalue weighted by atomic mass is 19.4. The van der Waals surface area contributed by atoms with Crippen LogP contribution in [0.3, 0.4) is 0 Å². The van der Waals surface area contributed by atoms with Crippen molar-refractivity contribution in [1.82, 2.24) is 29.3 Å². The number of rotatable bonds is 3. The van der Waals surface area contributed by atoms with Crippen molar-refractivity contribution >= 4 is 10.9 Å². The Bertz CT molecular complexity index is 1380. The van der Waals surface area contributed by atoms with E-state index in [4.69, 9.17) is 0 Å². The maximum absolute atomic E-state index is 13.3. The number of benzene rings is 1. The summed E-state index contributed by atoms with van der Waals surface area (Å²) in [5.74, 6) is 1.61. The lowest BCUT2D eigenvalue weighted by Crippen LogP contribution is -2.43. The summed E-state index contributed by atoms with van der Waals surface area (Å²) in [4.78, 5) is 21.3. The van der Waals surface area contributed by atoms with Crippen LogP contribution < -0.4 is 5.56 Å². The smallest absolute Gasteiger partial charge is 0.320 e. The minimum atomic E-state index is -4.60. The molecule has 0 saturated heterocycles. The lowest BCUT2D eigenvalue weighted by atomic mass is 9.58. The summed E-state index contributed by atoms with van der Waals surface area (Å²) in [6.07, 6.45) is 1.47. The van der Waals surface area contributed by atoms with E-state index in [0.29, 0.717) is 11.7 Å². The number of para-hydroxylation sites is 1. The first-order valence-electron chi connectivity index (χ1n) is 10.1. The van der Waals surface area contributed by atoms with Crippen LogP contribution in [0.4, 0.5) is 13.2 Å². The molecule has 0 amide bonds. The molecular weight excluding hydrogens is 421 g/mol. The number of nitrogens with zero attached hydrogens (tertiary/aromatic N) is 6. The summed E-state index contributed by atoms with van der Waals surface area (Å²) in [5.41, 5.74) is -1.36. The first-order valence-corrected chi connectivity index (χ1v) is 10.1. The van der Waals surface area contributed by atoms with E-state index in [9.17, 15) is 18.0 Å². The fourth-order valence-electron chi connectivity index (χ4n) is 4.79. The van der Waals surface area contributed by atoms with E-state index in [1.54, 1.807) is 18.6 Å². The van der Waals surface area contributed by atoms with Gasteiger partial charge in [-0.1, -0.05) is 13.0 Å². The Balaban J connectivity index is 1.65. The molecule has 4 aromatic rings. The second kappa shape index (κ2) is 6.98. The van der Waals surface area contributed by atoms with Crippen LogP contribution in [0.5, 0.6) is 0 Å². The van der Waals surface area contributed by atoms with E-state index in [-0.39, 0.29) is 16.3 Å². The molecular formula is C22H19F3N6O. The zero-order chi connectivity index (χ0) is 22.7. The highest BCUT2D eigenvalue weighted by Gasteiger charge is 2.48. The van der Waals surface area contributed by atoms with Gasteiger partial charge in [-0.3, -0.25) is 9.36 Å². The second-order valence-electron chi connectivity index (χ2n) is 8.38. The SMILES string of the molecule is CC1CC(c2ccnc(-n3cnc4c(C(F)(F)F)cccc4c3=O)c2)(c2nncn2C)C1. The summed E-state index contributed by atoms with van der Waals surface area (Å²) in [6.45, 7) is 2.16. The zero-order valence-corrected chi connectivity index (χ0v) is 17.3. The molecule has 10 heteroatoms. The lowest BCUT2D eigenvalue weighted by Gasteiger charge is -2.46. The van der Waals surface area contributed by atoms with Crippen LogP contribution in [0, 0.1) is 5.92 Å². The van der Waals surface area contributed by atoms with Crippen molar-refractivity contribution in [2.75, 3.05) is 0 Å². The number of hydrogen-bond donors (Lipinski definition) is 0. The van der Waals surface area contributed by atoms with E-state index < -0.39 is 17.3 Å². The Morgan fingerprint density at radius 2 is 1.91 bits per heavy atom. The van der Waals surface area contributed by atoms with Crippen molar-refractivity contribution < 1.29 is 13.2 Å². The normalized spacial score (nSPS) is 21.0. The maximum Gasteiger partial charge on any atom is 0.418 e. The van der Waals surface area contributed by atoms with Crippen LogP contribution in [0.15, 0.2) is 54.0 Å². The molecule has 32 heavy (non-hydrogen) atoms. The van der Waals surface area contributed by atoms with Gasteiger partial charge in [0.2, 0.25) is 0 Å². The number of aromatic nitrogens is 6. The third-order valence-electron chi connectivity index (χ3n) is 6.17. The average molecular weight is 440 g/mol. The molecule has 5 rings (SSSR count). The van der Waals surface area contributed by atoms with Crippen LogP contribution >= 0.6 is 0 Å². The monoisotopic (exact) mass is 440 g/mol. The Morgan fingerprint density at radius 3 is 2.56 bits per heavy atom. The van der Waals surface area contributed by atoms with E-state index in [1.807, 2.05) is 17.7 Å². The molecule has 0 aliphatic heterocycles. The van der Waals surface area contributed by atoms with Crippen molar-refractivity contribution in [3.63, 3.8) is 0 Å². The summed E-state index contributed by atoms with van der Waals surface area (Å²) in [5, 5.41) is 8.22. The molecule has 1 aliphatic carbocycles. The van der Waals surface area contributed by atoms with Gasteiger partial charge < -0.3 is 4.57 Å². The fraction of sp³-hybridized carbons (Fsp3) is 0.318. The van der Waals surface area contributed by atoms with Crippen LogP contribution in [0.2, 0.25) is 0 Å². The van der Waals surface area contributed by atoms with Gasteiger partial charge >= 0.3 is 6.18 Å². The Labute approximate surface area is 180 Å². The second-order valence-corrected chi connectivity index (χ2v) is 8.38. The molecule has 0 unspecified atom stereocenters. The standard InChI is InChI=1S/C22H19F3N6O/c1-13-9-21(10-13,20-29-28-12-30(20)2)14-6-7-26-17(8-14)31-11-27-18-15(19(31)32)4-3-5-16(18)22(23,24)25/h3-8,11-13H,9-10H2,1-2H3. The molecule has 1 fully saturated rings. The van der Waals surface area contributed by atoms with Gasteiger partial charge in [-0.05, 0) is 48.6 Å². The summed E-state index contributed by atoms with van der Waals surface area (Å²) in [6, 6.07) is 7.13. The van der Waals surface area contributed by atoms with Crippen molar-refractivity contribution in [2.24, 2.45) is 13.0 Å². The largest absolute Gasteiger partial charge is 0.418 e. The van der Waals surface area contributed by atoms with Gasteiger partial charge in [-0.15, -0.1) is 10.2 Å². The van der Waals surface area contributed by atoms with Gasteiger partial charge in [-0.2, -0.15) is 13.2 Å². The highest BCUT2D eigenvalue weighted by molar-refractivity contribution is 5.81. The molecule has 0 bridgehead atoms. The molecule has 164 valence electrons. The number of alkyl halides is 3. The third kappa shape index (κ3) is 3.01. The Kier molecular flexibility index (Phi) is 4.44. The molecule has 0 spiro atoms. The van der Waals surface area contributed by atoms with Gasteiger partial charge in [0.1, 0.15) is 24.3 Å². The molecule has 0 N–H and O–H groups in total. The molecule has 1 aliphatic rings. The van der Waals surface area contributed by atoms with Crippen molar-refractivity contribution in [2.45, 2.75) is 31.4 Å².